The normalized spacial score (nSPS) is 25.1. The zero-order chi connectivity index (χ0) is 20.0. The number of nitrogens with zero attached hydrogens (tertiary/aromatic N) is 1. The van der Waals surface area contributed by atoms with Crippen LogP contribution in [0.3, 0.4) is 0 Å². The highest BCUT2D eigenvalue weighted by Crippen LogP contribution is 2.48. The van der Waals surface area contributed by atoms with E-state index >= 15 is 0 Å². The Labute approximate surface area is 164 Å². The number of rotatable bonds is 5. The van der Waals surface area contributed by atoms with Crippen LogP contribution in [0, 0.1) is 11.3 Å². The first kappa shape index (κ1) is 19.8. The number of Topliss-reactive ketones (excluding diaryl/α,β-unsaturated/α-hetero) is 1. The van der Waals surface area contributed by atoms with E-state index in [-0.39, 0.29) is 17.6 Å². The minimum absolute atomic E-state index is 0.195. The Bertz CT molecular complexity index is 962. The van der Waals surface area contributed by atoms with Gasteiger partial charge >= 0.3 is 0 Å². The molecule has 5 nitrogen and oxygen atoms in total. The summed E-state index contributed by atoms with van der Waals surface area (Å²) in [5, 5.41) is 0.474. The molecule has 1 heterocycles. The van der Waals surface area contributed by atoms with Crippen LogP contribution in [0.15, 0.2) is 47.7 Å². The molecule has 0 N–H and O–H groups in total. The van der Waals surface area contributed by atoms with Crippen LogP contribution in [0.25, 0.3) is 0 Å². The lowest BCUT2D eigenvalue weighted by Gasteiger charge is -2.29. The maximum absolute atomic E-state index is 12.9. The van der Waals surface area contributed by atoms with Crippen LogP contribution >= 0.6 is 11.6 Å². The Morgan fingerprint density at radius 3 is 2.56 bits per heavy atom. The van der Waals surface area contributed by atoms with Crippen molar-refractivity contribution in [2.24, 2.45) is 11.3 Å². The van der Waals surface area contributed by atoms with E-state index in [1.54, 1.807) is 31.0 Å². The maximum Gasteiger partial charge on any atom is 0.234 e. The van der Waals surface area contributed by atoms with Crippen LogP contribution in [0.5, 0.6) is 0 Å². The van der Waals surface area contributed by atoms with Crippen molar-refractivity contribution in [2.45, 2.75) is 20.3 Å². The number of carbonyl (C=O) groups excluding carboxylic acids is 2. The lowest BCUT2D eigenvalue weighted by Crippen LogP contribution is -2.40. The first-order chi connectivity index (χ1) is 12.5. The number of sulfone groups is 1. The van der Waals surface area contributed by atoms with E-state index in [2.05, 4.69) is 0 Å². The average molecular weight is 408 g/mol. The molecule has 1 aromatic carbocycles. The minimum Gasteiger partial charge on any atom is -0.318 e. The van der Waals surface area contributed by atoms with Crippen molar-refractivity contribution in [3.63, 3.8) is 0 Å². The second-order valence-electron chi connectivity index (χ2n) is 7.55. The van der Waals surface area contributed by atoms with Crippen LogP contribution in [0.1, 0.15) is 30.6 Å². The van der Waals surface area contributed by atoms with Gasteiger partial charge in [0.2, 0.25) is 5.91 Å². The molecular weight excluding hydrogens is 386 g/mol. The molecule has 1 aromatic rings. The molecule has 0 aromatic heterocycles. The maximum atomic E-state index is 12.9. The van der Waals surface area contributed by atoms with Gasteiger partial charge in [0.25, 0.3) is 0 Å². The molecule has 0 saturated carbocycles. The third-order valence-electron chi connectivity index (χ3n) is 5.39. The van der Waals surface area contributed by atoms with Crippen molar-refractivity contribution in [3.8, 4) is 0 Å². The van der Waals surface area contributed by atoms with Crippen LogP contribution < -0.4 is 0 Å². The van der Waals surface area contributed by atoms with Gasteiger partial charge in [-0.1, -0.05) is 23.3 Å². The summed E-state index contributed by atoms with van der Waals surface area (Å²) >= 11 is 5.80. The van der Waals surface area contributed by atoms with Gasteiger partial charge in [-0.15, -0.1) is 0 Å². The summed E-state index contributed by atoms with van der Waals surface area (Å²) in [5.41, 5.74) is 1.13. The van der Waals surface area contributed by atoms with E-state index in [1.165, 1.54) is 12.1 Å². The molecule has 0 radical (unpaired) electrons. The second kappa shape index (κ2) is 6.91. The Kier molecular flexibility index (Phi) is 5.08. The Morgan fingerprint density at radius 1 is 1.30 bits per heavy atom. The lowest BCUT2D eigenvalue weighted by atomic mass is 9.76. The third kappa shape index (κ3) is 3.73. The molecule has 3 rings (SSSR count). The van der Waals surface area contributed by atoms with Gasteiger partial charge in [-0.25, -0.2) is 8.42 Å². The van der Waals surface area contributed by atoms with Crippen molar-refractivity contribution in [2.75, 3.05) is 18.6 Å². The van der Waals surface area contributed by atoms with Crippen LogP contribution in [-0.2, 0) is 14.6 Å². The number of hydrogen-bond acceptors (Lipinski definition) is 4. The SMILES string of the molecule is CC1=CCC2C(=C1)N(C)C(=O)C2(C)CS(=O)(=O)CC(=O)c1ccc(Cl)cc1. The Balaban J connectivity index is 1.82. The number of amides is 1. The third-order valence-corrected chi connectivity index (χ3v) is 7.39. The molecule has 1 amide bonds. The van der Waals surface area contributed by atoms with E-state index < -0.39 is 26.8 Å². The average Bonchev–Trinajstić information content (AvgIpc) is 2.75. The van der Waals surface area contributed by atoms with Crippen LogP contribution in [0.4, 0.5) is 0 Å². The molecule has 7 heteroatoms. The smallest absolute Gasteiger partial charge is 0.234 e. The molecule has 2 unspecified atom stereocenters. The summed E-state index contributed by atoms with van der Waals surface area (Å²) in [7, 11) is -2.10. The quantitative estimate of drug-likeness (QED) is 0.702. The number of ketones is 1. The first-order valence-electron chi connectivity index (χ1n) is 8.69. The second-order valence-corrected chi connectivity index (χ2v) is 10.1. The number of fused-ring (bicyclic) bond motifs is 1. The molecule has 1 fully saturated rings. The molecule has 1 aliphatic carbocycles. The lowest BCUT2D eigenvalue weighted by molar-refractivity contribution is -0.133. The number of carbonyl (C=O) groups is 2. The summed E-state index contributed by atoms with van der Waals surface area (Å²) in [6.45, 7) is 3.65. The van der Waals surface area contributed by atoms with Gasteiger partial charge in [0, 0.05) is 29.2 Å². The summed E-state index contributed by atoms with van der Waals surface area (Å²) in [6, 6.07) is 6.11. The van der Waals surface area contributed by atoms with Crippen LogP contribution in [-0.4, -0.2) is 43.6 Å². The summed E-state index contributed by atoms with van der Waals surface area (Å²) in [5.74, 6) is -1.88. The van der Waals surface area contributed by atoms with Crippen molar-refractivity contribution in [1.29, 1.82) is 0 Å². The van der Waals surface area contributed by atoms with E-state index in [4.69, 9.17) is 11.6 Å². The van der Waals surface area contributed by atoms with Gasteiger partial charge in [-0.3, -0.25) is 9.59 Å². The van der Waals surface area contributed by atoms with E-state index in [0.717, 1.165) is 11.3 Å². The molecule has 2 atom stereocenters. The molecule has 0 spiro atoms. The van der Waals surface area contributed by atoms with Gasteiger partial charge in [0.1, 0.15) is 5.75 Å². The number of allylic oxidation sites excluding steroid dienone is 4. The fraction of sp³-hybridized carbons (Fsp3) is 0.400. The van der Waals surface area contributed by atoms with E-state index in [1.807, 2.05) is 19.1 Å². The highest BCUT2D eigenvalue weighted by atomic mass is 35.5. The van der Waals surface area contributed by atoms with Gasteiger partial charge in [-0.2, -0.15) is 0 Å². The zero-order valence-electron chi connectivity index (χ0n) is 15.5. The molecule has 144 valence electrons. The number of benzene rings is 1. The number of halogens is 1. The molecule has 1 saturated heterocycles. The largest absolute Gasteiger partial charge is 0.318 e. The molecule has 0 bridgehead atoms. The van der Waals surface area contributed by atoms with E-state index in [9.17, 15) is 18.0 Å². The summed E-state index contributed by atoms with van der Waals surface area (Å²) in [4.78, 5) is 26.8. The van der Waals surface area contributed by atoms with Gasteiger partial charge < -0.3 is 4.90 Å². The Hall–Kier alpha value is -1.92. The topological polar surface area (TPSA) is 71.5 Å². The number of hydrogen-bond donors (Lipinski definition) is 0. The predicted molar refractivity (Wildman–Crippen MR) is 105 cm³/mol. The zero-order valence-corrected chi connectivity index (χ0v) is 17.1. The molecule has 2 aliphatic rings. The van der Waals surface area contributed by atoms with Crippen molar-refractivity contribution in [3.05, 3.63) is 58.3 Å². The van der Waals surface area contributed by atoms with E-state index in [0.29, 0.717) is 17.0 Å². The van der Waals surface area contributed by atoms with Crippen molar-refractivity contribution >= 4 is 33.1 Å². The summed E-state index contributed by atoms with van der Waals surface area (Å²) in [6.07, 6.45) is 4.57. The Morgan fingerprint density at radius 2 is 1.93 bits per heavy atom. The highest BCUT2D eigenvalue weighted by Gasteiger charge is 2.54. The van der Waals surface area contributed by atoms with Gasteiger partial charge in [-0.05, 0) is 50.6 Å². The van der Waals surface area contributed by atoms with Crippen molar-refractivity contribution < 1.29 is 18.0 Å². The van der Waals surface area contributed by atoms with Gasteiger partial charge in [0.15, 0.2) is 15.6 Å². The highest BCUT2D eigenvalue weighted by molar-refractivity contribution is 7.92. The fourth-order valence-electron chi connectivity index (χ4n) is 3.97. The van der Waals surface area contributed by atoms with Gasteiger partial charge in [0.05, 0.1) is 11.2 Å². The predicted octanol–water partition coefficient (Wildman–Crippen LogP) is 3.27. The molecular formula is C20H22ClNO4S. The van der Waals surface area contributed by atoms with Crippen LogP contribution in [0.2, 0.25) is 5.02 Å². The van der Waals surface area contributed by atoms with Crippen molar-refractivity contribution in [1.82, 2.24) is 4.90 Å². The molecule has 27 heavy (non-hydrogen) atoms. The summed E-state index contributed by atoms with van der Waals surface area (Å²) < 4.78 is 25.6. The standard InChI is InChI=1S/C20H22ClNO4S/c1-13-4-9-16-17(10-13)22(3)19(24)20(16,2)12-27(25,26)11-18(23)14-5-7-15(21)8-6-14/h4-8,10,16H,9,11-12H2,1-3H3. The minimum atomic E-state index is -3.78. The number of likely N-dealkylation sites (tertiary alicyclic amines) is 1. The molecule has 1 aliphatic heterocycles. The first-order valence-corrected chi connectivity index (χ1v) is 10.9. The monoisotopic (exact) mass is 407 g/mol. The fourth-order valence-corrected chi connectivity index (χ4v) is 6.01.